The summed E-state index contributed by atoms with van der Waals surface area (Å²) in [5.41, 5.74) is 12.9. The third-order valence-electron chi connectivity index (χ3n) is 5.84. The molecule has 0 radical (unpaired) electrons. The van der Waals surface area contributed by atoms with Crippen molar-refractivity contribution in [2.24, 2.45) is 0 Å². The molecule has 0 aliphatic heterocycles. The molecule has 238 valence electrons. The van der Waals surface area contributed by atoms with Crippen LogP contribution in [-0.2, 0) is 6.30 Å². The van der Waals surface area contributed by atoms with E-state index < -0.39 is 17.7 Å². The molecule has 0 saturated carbocycles. The molecule has 0 aliphatic carbocycles. The molecular formula is C33H36F4N6O2. The number of rotatable bonds is 5. The van der Waals surface area contributed by atoms with Crippen LogP contribution >= 0.6 is 0 Å². The zero-order valence-corrected chi connectivity index (χ0v) is 25.9. The maximum absolute atomic E-state index is 13.7. The number of alkyl halides is 3. The number of benzene rings is 3. The molecule has 0 spiro atoms. The summed E-state index contributed by atoms with van der Waals surface area (Å²) in [5, 5.41) is 7.61. The summed E-state index contributed by atoms with van der Waals surface area (Å²) < 4.78 is 65.6. The fourth-order valence-electron chi connectivity index (χ4n) is 4.36. The summed E-state index contributed by atoms with van der Waals surface area (Å²) >= 11 is 0. The van der Waals surface area contributed by atoms with Crippen molar-refractivity contribution in [3.63, 3.8) is 0 Å². The molecule has 2 aromatic heterocycles. The molecule has 3 aromatic carbocycles. The SMILES string of the molecule is CC(C)(C)Oc1cc(F)cc(-c2cc(N)nn2C(F)(F)F)c1.CC(C)(C)Oc1cccc(-c2cc(N)nn2-c2ccccc2)c1. The molecule has 4 N–H and O–H groups in total. The van der Waals surface area contributed by atoms with Crippen LogP contribution in [0.2, 0.25) is 0 Å². The molecule has 0 fully saturated rings. The second kappa shape index (κ2) is 12.5. The van der Waals surface area contributed by atoms with E-state index in [0.717, 1.165) is 40.9 Å². The third kappa shape index (κ3) is 9.01. The van der Waals surface area contributed by atoms with E-state index in [1.54, 1.807) is 20.8 Å². The van der Waals surface area contributed by atoms with Gasteiger partial charge >= 0.3 is 6.30 Å². The Bertz CT molecular complexity index is 1750. The van der Waals surface area contributed by atoms with Crippen LogP contribution in [0.1, 0.15) is 41.5 Å². The van der Waals surface area contributed by atoms with Crippen LogP contribution in [0.5, 0.6) is 11.5 Å². The fraction of sp³-hybridized carbons (Fsp3) is 0.273. The van der Waals surface area contributed by atoms with Crippen LogP contribution in [0.15, 0.2) is 84.9 Å². The lowest BCUT2D eigenvalue weighted by molar-refractivity contribution is -0.210. The molecule has 5 aromatic rings. The van der Waals surface area contributed by atoms with E-state index in [-0.39, 0.29) is 33.1 Å². The summed E-state index contributed by atoms with van der Waals surface area (Å²) in [7, 11) is 0. The van der Waals surface area contributed by atoms with E-state index >= 15 is 0 Å². The maximum atomic E-state index is 13.7. The lowest BCUT2D eigenvalue weighted by Crippen LogP contribution is -2.23. The number of hydrogen-bond acceptors (Lipinski definition) is 6. The summed E-state index contributed by atoms with van der Waals surface area (Å²) in [5.74, 6) is 0.413. The first-order valence-electron chi connectivity index (χ1n) is 14.0. The molecule has 0 atom stereocenters. The largest absolute Gasteiger partial charge is 0.505 e. The summed E-state index contributed by atoms with van der Waals surface area (Å²) in [6.45, 7) is 11.3. The van der Waals surface area contributed by atoms with Gasteiger partial charge in [-0.05, 0) is 77.9 Å². The van der Waals surface area contributed by atoms with E-state index in [1.807, 2.05) is 86.1 Å². The van der Waals surface area contributed by atoms with Crippen molar-refractivity contribution >= 4 is 11.6 Å². The quantitative estimate of drug-likeness (QED) is 0.191. The highest BCUT2D eigenvalue weighted by molar-refractivity contribution is 5.67. The van der Waals surface area contributed by atoms with Gasteiger partial charge in [0.1, 0.15) is 40.2 Å². The molecule has 8 nitrogen and oxygen atoms in total. The second-order valence-corrected chi connectivity index (χ2v) is 12.2. The van der Waals surface area contributed by atoms with Crippen molar-refractivity contribution < 1.29 is 27.0 Å². The van der Waals surface area contributed by atoms with E-state index in [4.69, 9.17) is 20.9 Å². The van der Waals surface area contributed by atoms with Gasteiger partial charge < -0.3 is 20.9 Å². The van der Waals surface area contributed by atoms with Gasteiger partial charge in [-0.1, -0.05) is 30.3 Å². The Morgan fingerprint density at radius 1 is 0.622 bits per heavy atom. The minimum absolute atomic E-state index is 0.0271. The third-order valence-corrected chi connectivity index (χ3v) is 5.84. The molecule has 0 amide bonds. The van der Waals surface area contributed by atoms with E-state index in [2.05, 4.69) is 10.2 Å². The first kappa shape index (κ1) is 32.9. The van der Waals surface area contributed by atoms with E-state index in [0.29, 0.717) is 5.82 Å². The minimum atomic E-state index is -4.76. The molecule has 0 aliphatic rings. The molecule has 45 heavy (non-hydrogen) atoms. The van der Waals surface area contributed by atoms with Crippen LogP contribution in [0.25, 0.3) is 28.2 Å². The number of para-hydroxylation sites is 1. The average Bonchev–Trinajstić information content (AvgIpc) is 3.50. The van der Waals surface area contributed by atoms with Crippen molar-refractivity contribution in [3.05, 3.63) is 90.7 Å². The topological polar surface area (TPSA) is 106 Å². The summed E-state index contributed by atoms with van der Waals surface area (Å²) in [6, 6.07) is 24.2. The van der Waals surface area contributed by atoms with Gasteiger partial charge in [0.2, 0.25) is 0 Å². The van der Waals surface area contributed by atoms with Gasteiger partial charge in [-0.25, -0.2) is 9.07 Å². The minimum Gasteiger partial charge on any atom is -0.488 e. The van der Waals surface area contributed by atoms with E-state index in [9.17, 15) is 17.6 Å². The molecule has 5 rings (SSSR count). The van der Waals surface area contributed by atoms with Gasteiger partial charge in [0.15, 0.2) is 0 Å². The average molecular weight is 625 g/mol. The predicted octanol–water partition coefficient (Wildman–Crippen LogP) is 8.22. The van der Waals surface area contributed by atoms with E-state index in [1.165, 1.54) is 6.07 Å². The highest BCUT2D eigenvalue weighted by Gasteiger charge is 2.35. The fourth-order valence-corrected chi connectivity index (χ4v) is 4.36. The Hall–Kier alpha value is -5.00. The molecular weight excluding hydrogens is 588 g/mol. The lowest BCUT2D eigenvalue weighted by Gasteiger charge is -2.22. The number of nitrogen functional groups attached to an aromatic ring is 2. The van der Waals surface area contributed by atoms with Crippen molar-refractivity contribution in [1.82, 2.24) is 19.6 Å². The number of aromatic nitrogens is 4. The maximum Gasteiger partial charge on any atom is 0.505 e. The predicted molar refractivity (Wildman–Crippen MR) is 168 cm³/mol. The molecule has 0 saturated heterocycles. The Morgan fingerprint density at radius 3 is 1.82 bits per heavy atom. The smallest absolute Gasteiger partial charge is 0.488 e. The van der Waals surface area contributed by atoms with Crippen LogP contribution < -0.4 is 20.9 Å². The van der Waals surface area contributed by atoms with Gasteiger partial charge in [0.05, 0.1) is 17.1 Å². The Kier molecular flexibility index (Phi) is 9.17. The van der Waals surface area contributed by atoms with Crippen molar-refractivity contribution in [1.29, 1.82) is 0 Å². The van der Waals surface area contributed by atoms with Gasteiger partial charge in [-0.15, -0.1) is 18.3 Å². The van der Waals surface area contributed by atoms with Crippen LogP contribution in [0.3, 0.4) is 0 Å². The van der Waals surface area contributed by atoms with Crippen molar-refractivity contribution in [2.75, 3.05) is 11.5 Å². The molecule has 12 heteroatoms. The summed E-state index contributed by atoms with van der Waals surface area (Å²) in [6.07, 6.45) is -4.76. The zero-order valence-electron chi connectivity index (χ0n) is 25.9. The Labute approximate surface area is 259 Å². The monoisotopic (exact) mass is 624 g/mol. The second-order valence-electron chi connectivity index (χ2n) is 12.2. The lowest BCUT2D eigenvalue weighted by atomic mass is 10.1. The van der Waals surface area contributed by atoms with Gasteiger partial charge in [0, 0.05) is 29.3 Å². The number of hydrogen-bond donors (Lipinski definition) is 2. The van der Waals surface area contributed by atoms with Crippen LogP contribution in [0.4, 0.5) is 29.2 Å². The first-order chi connectivity index (χ1) is 20.9. The number of ether oxygens (including phenoxy) is 2. The first-order valence-corrected chi connectivity index (χ1v) is 14.0. The number of nitrogens with zero attached hydrogens (tertiary/aromatic N) is 4. The normalized spacial score (nSPS) is 12.0. The molecule has 2 heterocycles. The van der Waals surface area contributed by atoms with Gasteiger partial charge in [-0.3, -0.25) is 0 Å². The molecule has 0 bridgehead atoms. The summed E-state index contributed by atoms with van der Waals surface area (Å²) in [4.78, 5) is 0. The van der Waals surface area contributed by atoms with Crippen molar-refractivity contribution in [2.45, 2.75) is 59.0 Å². The highest BCUT2D eigenvalue weighted by Crippen LogP contribution is 2.34. The highest BCUT2D eigenvalue weighted by atomic mass is 19.4. The molecule has 0 unspecified atom stereocenters. The van der Waals surface area contributed by atoms with Gasteiger partial charge in [-0.2, -0.15) is 9.78 Å². The Morgan fingerprint density at radius 2 is 1.20 bits per heavy atom. The zero-order chi connectivity index (χ0) is 33.2. The standard InChI is InChI=1S/C19H21N3O.C14H15F4N3O/c1-19(2,3)23-16-11-7-8-14(12-16)17-13-18(20)21-22(17)15-9-5-4-6-10-15;1-13(2,3)22-10-5-8(4-9(15)6-10)11-7-12(19)20-21(11)14(16,17)18/h4-13H,1-3H3,(H2,20,21);4-7H,1-3H3,(H2,19,20). The van der Waals surface area contributed by atoms with Crippen molar-refractivity contribution in [3.8, 4) is 39.7 Å². The van der Waals surface area contributed by atoms with Crippen LogP contribution in [0, 0.1) is 5.82 Å². The van der Waals surface area contributed by atoms with Gasteiger partial charge in [0.25, 0.3) is 0 Å². The number of anilines is 2. The van der Waals surface area contributed by atoms with Crippen LogP contribution in [-0.4, -0.2) is 30.8 Å². The number of halogens is 4. The number of nitrogens with two attached hydrogens (primary N) is 2. The Balaban J connectivity index is 0.000000205.